The van der Waals surface area contributed by atoms with Gasteiger partial charge in [0, 0.05) is 34.1 Å². The monoisotopic (exact) mass is 1050 g/mol. The first kappa shape index (κ1) is 57.7. The molecule has 5 nitrogen and oxygen atoms in total. The Labute approximate surface area is 461 Å². The van der Waals surface area contributed by atoms with Crippen LogP contribution in [0.15, 0.2) is 278 Å². The van der Waals surface area contributed by atoms with Crippen molar-refractivity contribution in [1.29, 1.82) is 0 Å². The van der Waals surface area contributed by atoms with Crippen molar-refractivity contribution in [1.82, 2.24) is 7.94 Å². The van der Waals surface area contributed by atoms with Crippen molar-refractivity contribution in [2.24, 2.45) is 0 Å². The Hall–Kier alpha value is -8.62. The zero-order chi connectivity index (χ0) is 54.9. The predicted octanol–water partition coefficient (Wildman–Crippen LogP) is 17.7. The Morgan fingerprint density at radius 1 is 0.468 bits per heavy atom. The molecule has 77 heavy (non-hydrogen) atoms. The van der Waals surface area contributed by atoms with Gasteiger partial charge in [-0.3, -0.25) is 17.5 Å². The molecule has 0 amide bonds. The maximum absolute atomic E-state index is 12.4. The number of hydrogen-bond donors (Lipinski definition) is 0. The highest BCUT2D eigenvalue weighted by Crippen LogP contribution is 2.23. The van der Waals surface area contributed by atoms with Crippen LogP contribution in [0.5, 0.6) is 0 Å². The molecule has 0 N–H and O–H groups in total. The molecule has 1 atom stereocenters. The number of fused-ring (bicyclic) bond motifs is 4. The van der Waals surface area contributed by atoms with Gasteiger partial charge in [0.1, 0.15) is 11.0 Å². The summed E-state index contributed by atoms with van der Waals surface area (Å²) in [6, 6.07) is 79.6. The topological polar surface area (TPSA) is 61.1 Å². The number of allylic oxidation sites excluding steroid dienone is 3. The lowest BCUT2D eigenvalue weighted by atomic mass is 10.0. The molecule has 0 saturated carbocycles. The fraction of sp³-hybridized carbons (Fsp3) is 0.0857. The maximum Gasteiger partial charge on any atom is 0.197 e. The largest absolute Gasteiger partial charge is 0.288 e. The molecule has 9 aromatic carbocycles. The first-order valence-electron chi connectivity index (χ1n) is 25.2. The average Bonchev–Trinajstić information content (AvgIpc) is 3.48. The van der Waals surface area contributed by atoms with Crippen molar-refractivity contribution >= 4 is 89.8 Å². The summed E-state index contributed by atoms with van der Waals surface area (Å²) in [5.74, 6) is 0. The number of hydrogen-bond acceptors (Lipinski definition) is 4. The molecule has 0 aliphatic carbocycles. The fourth-order valence-corrected chi connectivity index (χ4v) is 9.78. The van der Waals surface area contributed by atoms with E-state index in [-0.39, 0.29) is 10.9 Å². The molecule has 0 aliphatic rings. The summed E-state index contributed by atoms with van der Waals surface area (Å²) in [6.45, 7) is 17.3. The van der Waals surface area contributed by atoms with E-state index < -0.39 is 11.0 Å². The van der Waals surface area contributed by atoms with Crippen molar-refractivity contribution in [3.63, 3.8) is 0 Å². The number of rotatable bonds is 8. The van der Waals surface area contributed by atoms with Gasteiger partial charge in [-0.05, 0) is 121 Å². The third kappa shape index (κ3) is 16.4. The van der Waals surface area contributed by atoms with Gasteiger partial charge in [-0.1, -0.05) is 243 Å². The van der Waals surface area contributed by atoms with Gasteiger partial charge in [0.15, 0.2) is 10.9 Å². The summed E-state index contributed by atoms with van der Waals surface area (Å²) in [4.78, 5) is 24.7. The highest BCUT2D eigenvalue weighted by Gasteiger charge is 2.12. The Kier molecular flexibility index (Phi) is 22.5. The molecule has 0 saturated heterocycles. The van der Waals surface area contributed by atoms with Crippen LogP contribution in [0.4, 0.5) is 0 Å². The normalized spacial score (nSPS) is 10.7. The van der Waals surface area contributed by atoms with E-state index in [4.69, 9.17) is 0 Å². The SMILES string of the molecule is C/C=C/c1ccc(Cc2ccccc2)cc1.C=C(C)c1ccccc1.C=C(C)c1ccccc1.C=Cc1ccccc1.CS(=O)n1c2ccccc2c(=O)c2ccccc21.CSn1c2ccccc2c(=O)c2ccccc21. The van der Waals surface area contributed by atoms with Gasteiger partial charge >= 0.3 is 0 Å². The smallest absolute Gasteiger partial charge is 0.197 e. The molecule has 0 aliphatic heterocycles. The molecule has 1 unspecified atom stereocenters. The van der Waals surface area contributed by atoms with Gasteiger partial charge < -0.3 is 0 Å². The van der Waals surface area contributed by atoms with Gasteiger partial charge in [-0.2, -0.15) is 0 Å². The Balaban J connectivity index is 0.000000154. The Morgan fingerprint density at radius 3 is 1.14 bits per heavy atom. The van der Waals surface area contributed by atoms with E-state index in [1.165, 1.54) is 33.4 Å². The highest BCUT2D eigenvalue weighted by molar-refractivity contribution is 7.97. The third-order valence-corrected chi connectivity index (χ3v) is 13.7. The molecule has 386 valence electrons. The standard InChI is InChI=1S/C16H16.C14H11NO2S.C14H11NOS.2C9H10.C8H8/c1-2-6-14-9-11-16(12-10-14)13-15-7-4-3-5-8-15;1-18(17)15-12-8-4-2-6-10(12)14(16)11-7-3-5-9-13(11)15;1-17-15-12-8-4-2-6-10(12)14(16)11-7-3-5-9-13(11)15;2*1-8(2)9-6-4-3-5-7-9;1-2-8-6-4-3-5-7-8/h2-12H,13H2,1H3;2-9H,1H3;2-9H,1H3;2*3-7H,1H2,2H3;2-7H,1H2/b6-2+;;;;;. The second kappa shape index (κ2) is 30.1. The third-order valence-electron chi connectivity index (χ3n) is 12.1. The van der Waals surface area contributed by atoms with Crippen LogP contribution in [0.1, 0.15) is 54.2 Å². The summed E-state index contributed by atoms with van der Waals surface area (Å²) in [5.41, 5.74) is 13.3. The molecule has 0 bridgehead atoms. The average molecular weight is 1050 g/mol. The van der Waals surface area contributed by atoms with Crippen LogP contribution in [0.25, 0.3) is 66.9 Å². The fourth-order valence-electron chi connectivity index (χ4n) is 8.20. The summed E-state index contributed by atoms with van der Waals surface area (Å²) < 4.78 is 15.8. The molecule has 0 radical (unpaired) electrons. The van der Waals surface area contributed by atoms with E-state index in [2.05, 4.69) is 115 Å². The summed E-state index contributed by atoms with van der Waals surface area (Å²) in [7, 11) is -1.21. The van der Waals surface area contributed by atoms with Crippen LogP contribution in [-0.4, -0.2) is 24.7 Å². The van der Waals surface area contributed by atoms with E-state index in [0.29, 0.717) is 21.8 Å². The molecule has 2 aromatic heterocycles. The molecule has 7 heteroatoms. The summed E-state index contributed by atoms with van der Waals surface area (Å²) in [6.07, 6.45) is 10.7. The van der Waals surface area contributed by atoms with Crippen LogP contribution < -0.4 is 10.9 Å². The molecule has 2 heterocycles. The van der Waals surface area contributed by atoms with Crippen molar-refractivity contribution in [2.75, 3.05) is 12.5 Å². The molecule has 0 spiro atoms. The molecule has 11 aromatic rings. The number of benzene rings is 9. The van der Waals surface area contributed by atoms with Gasteiger partial charge in [0.25, 0.3) is 0 Å². The van der Waals surface area contributed by atoms with Crippen molar-refractivity contribution in [3.05, 3.63) is 322 Å². The number of nitrogens with zero attached hydrogens (tertiary/aromatic N) is 2. The van der Waals surface area contributed by atoms with Crippen LogP contribution in [0.3, 0.4) is 0 Å². The van der Waals surface area contributed by atoms with E-state index >= 15 is 0 Å². The van der Waals surface area contributed by atoms with Crippen molar-refractivity contribution < 1.29 is 4.21 Å². The molecular weight excluding hydrogens is 981 g/mol. The summed E-state index contributed by atoms with van der Waals surface area (Å²) in [5, 5.41) is 2.76. The van der Waals surface area contributed by atoms with E-state index in [1.807, 2.05) is 185 Å². The lowest BCUT2D eigenvalue weighted by Crippen LogP contribution is -2.13. The van der Waals surface area contributed by atoms with Crippen molar-refractivity contribution in [3.8, 4) is 0 Å². The summed E-state index contributed by atoms with van der Waals surface area (Å²) >= 11 is 1.61. The number of pyridine rings is 2. The van der Waals surface area contributed by atoms with Crippen LogP contribution in [-0.2, 0) is 17.4 Å². The minimum Gasteiger partial charge on any atom is -0.288 e. The maximum atomic E-state index is 12.4. The first-order valence-corrected chi connectivity index (χ1v) is 27.9. The van der Waals surface area contributed by atoms with E-state index in [9.17, 15) is 13.8 Å². The number of aromatic nitrogens is 2. The first-order chi connectivity index (χ1) is 37.4. The van der Waals surface area contributed by atoms with E-state index in [0.717, 1.165) is 39.4 Å². The quantitative estimate of drug-likeness (QED) is 0.142. The van der Waals surface area contributed by atoms with Gasteiger partial charge in [0.05, 0.1) is 22.1 Å². The zero-order valence-electron chi connectivity index (χ0n) is 44.6. The minimum atomic E-state index is -1.21. The zero-order valence-corrected chi connectivity index (χ0v) is 46.2. The lowest BCUT2D eigenvalue weighted by molar-refractivity contribution is 0.683. The Morgan fingerprint density at radius 2 is 0.805 bits per heavy atom. The molecular formula is C70H66N2O3S2. The van der Waals surface area contributed by atoms with Crippen molar-refractivity contribution in [2.45, 2.75) is 27.2 Å². The number of para-hydroxylation sites is 4. The van der Waals surface area contributed by atoms with Gasteiger partial charge in [0.2, 0.25) is 0 Å². The van der Waals surface area contributed by atoms with Gasteiger partial charge in [-0.15, -0.1) is 0 Å². The van der Waals surface area contributed by atoms with E-state index in [1.54, 1.807) is 34.3 Å². The second-order valence-electron chi connectivity index (χ2n) is 17.7. The van der Waals surface area contributed by atoms with Crippen LogP contribution in [0.2, 0.25) is 0 Å². The molecule has 11 rings (SSSR count). The second-order valence-corrected chi connectivity index (χ2v) is 19.7. The molecule has 0 fully saturated rings. The highest BCUT2D eigenvalue weighted by atomic mass is 32.2. The van der Waals surface area contributed by atoms with Crippen LogP contribution >= 0.6 is 11.9 Å². The van der Waals surface area contributed by atoms with Gasteiger partial charge in [-0.25, -0.2) is 4.21 Å². The Bertz CT molecular complexity index is 3680. The lowest BCUT2D eigenvalue weighted by Gasteiger charge is -2.11. The predicted molar refractivity (Wildman–Crippen MR) is 339 cm³/mol. The minimum absolute atomic E-state index is 0.0112. The van der Waals surface area contributed by atoms with Crippen LogP contribution in [0, 0.1) is 0 Å².